The third-order valence-electron chi connectivity index (χ3n) is 9.49. The molecule has 3 fully saturated rings. The van der Waals surface area contributed by atoms with Gasteiger partial charge in [0.25, 0.3) is 5.91 Å². The number of nitrogens with two attached hydrogens (primary N) is 1. The summed E-state index contributed by atoms with van der Waals surface area (Å²) in [4.78, 5) is 39.4. The van der Waals surface area contributed by atoms with Crippen molar-refractivity contribution in [2.45, 2.75) is 32.5 Å². The maximum atomic E-state index is 15.9. The Labute approximate surface area is 287 Å². The lowest BCUT2D eigenvalue weighted by molar-refractivity contribution is -0.140. The van der Waals surface area contributed by atoms with Gasteiger partial charge in [0.1, 0.15) is 5.56 Å². The molecule has 0 saturated carbocycles. The zero-order valence-corrected chi connectivity index (χ0v) is 25.5. The molecule has 18 radical (unpaired) electrons. The Morgan fingerprint density at radius 3 is 2.08 bits per heavy atom. The van der Waals surface area contributed by atoms with E-state index in [2.05, 4.69) is 25.3 Å². The Hall–Kier alpha value is -3.33. The molecule has 3 saturated heterocycles. The van der Waals surface area contributed by atoms with Gasteiger partial charge in [0.2, 0.25) is 5.91 Å². The molecule has 6 rings (SSSR count). The summed E-state index contributed by atoms with van der Waals surface area (Å²) in [6, 6.07) is 0.207. The number of carbonyl (C=O) groups excluding carboxylic acids is 2. The number of nitrogens with zero attached hydrogens (tertiary/aromatic N) is 7. The number of piperidine rings is 1. The zero-order valence-electron chi connectivity index (χ0n) is 25.5. The molecular formula is C25H20B9F2N9O3. The summed E-state index contributed by atoms with van der Waals surface area (Å²) >= 11 is 0. The maximum Gasteiger partial charge on any atom is 0.263 e. The summed E-state index contributed by atoms with van der Waals surface area (Å²) < 4.78 is 35.8. The van der Waals surface area contributed by atoms with E-state index in [1.54, 1.807) is 0 Å². The fraction of sp³-hybridized carbons (Fsp3) is 0.480. The topological polar surface area (TPSA) is 134 Å². The highest BCUT2D eigenvalue weighted by molar-refractivity contribution is 6.68. The second kappa shape index (κ2) is 11.4. The average molecular weight is 630 g/mol. The number of hydrogen-bond donors (Lipinski definition) is 2. The molecule has 224 valence electrons. The number of pyridine rings is 1. The highest BCUT2D eigenvalue weighted by Crippen LogP contribution is 2.72. The van der Waals surface area contributed by atoms with Gasteiger partial charge in [-0.2, -0.15) is 0 Å². The number of rotatable bonds is 5. The van der Waals surface area contributed by atoms with E-state index in [1.807, 2.05) is 0 Å². The van der Waals surface area contributed by atoms with Crippen molar-refractivity contribution >= 4 is 105 Å². The number of nitrogens with one attached hydrogen (secondary N) is 1. The minimum atomic E-state index is -2.83. The van der Waals surface area contributed by atoms with Crippen molar-refractivity contribution in [1.82, 2.24) is 29.4 Å². The Bertz CT molecular complexity index is 1770. The van der Waals surface area contributed by atoms with Crippen LogP contribution in [0.3, 0.4) is 0 Å². The van der Waals surface area contributed by atoms with Gasteiger partial charge < -0.3 is 25.6 Å². The van der Waals surface area contributed by atoms with Crippen LogP contribution in [0.1, 0.15) is 10.4 Å². The van der Waals surface area contributed by atoms with Gasteiger partial charge in [-0.25, -0.2) is 18.3 Å². The number of amides is 2. The fourth-order valence-corrected chi connectivity index (χ4v) is 6.43. The molecule has 0 aromatic carbocycles. The number of piperazine rings is 1. The van der Waals surface area contributed by atoms with Crippen LogP contribution in [0.4, 0.5) is 26.0 Å². The Kier molecular flexibility index (Phi) is 8.17. The molecule has 0 atom stereocenters. The van der Waals surface area contributed by atoms with Crippen molar-refractivity contribution in [3.63, 3.8) is 0 Å². The molecule has 48 heavy (non-hydrogen) atoms. The quantitative estimate of drug-likeness (QED) is 0.280. The third-order valence-corrected chi connectivity index (χ3v) is 9.49. The van der Waals surface area contributed by atoms with Crippen molar-refractivity contribution < 1.29 is 23.1 Å². The number of carbonyl (C=O) groups is 2. The monoisotopic (exact) mass is 631 g/mol. The van der Waals surface area contributed by atoms with E-state index < -0.39 is 61.2 Å². The summed E-state index contributed by atoms with van der Waals surface area (Å²) in [7, 11) is 59.2. The largest absolute Gasteiger partial charge is 0.392 e. The number of halogens is 2. The average Bonchev–Trinajstić information content (AvgIpc) is 3.31. The molecule has 3 aliphatic rings. The SMILES string of the molecule is [B]C1([B])N(c2c(F)cncc2NC(=O)c2c(N)nn3cc(F)cnc23)C([B])([B])C([B])([B])C([B])(C(=O)N2CCN(C3COC3)CC2)C1([B])[B]. The minimum absolute atomic E-state index is 0.145. The van der Waals surface area contributed by atoms with E-state index in [-0.39, 0.29) is 36.2 Å². The van der Waals surface area contributed by atoms with E-state index in [4.69, 9.17) is 81.1 Å². The highest BCUT2D eigenvalue weighted by Gasteiger charge is 2.70. The molecule has 0 spiro atoms. The predicted octanol–water partition coefficient (Wildman–Crippen LogP) is -3.18. The van der Waals surface area contributed by atoms with Crippen LogP contribution in [0.25, 0.3) is 5.65 Å². The van der Waals surface area contributed by atoms with Crippen molar-refractivity contribution in [1.29, 1.82) is 0 Å². The van der Waals surface area contributed by atoms with Crippen molar-refractivity contribution in [3.8, 4) is 0 Å². The predicted molar refractivity (Wildman–Crippen MR) is 180 cm³/mol. The molecule has 0 bridgehead atoms. The number of aromatic nitrogens is 4. The Morgan fingerprint density at radius 1 is 0.917 bits per heavy atom. The van der Waals surface area contributed by atoms with Crippen LogP contribution in [0, 0.1) is 11.6 Å². The maximum absolute atomic E-state index is 15.9. The molecule has 6 heterocycles. The molecule has 12 nitrogen and oxygen atoms in total. The van der Waals surface area contributed by atoms with E-state index in [0.717, 1.165) is 23.1 Å². The summed E-state index contributed by atoms with van der Waals surface area (Å²) in [5.74, 6) is -4.31. The summed E-state index contributed by atoms with van der Waals surface area (Å²) in [5, 5.41) is -7.84. The van der Waals surface area contributed by atoms with Gasteiger partial charge in [-0.1, -0.05) is 10.4 Å². The van der Waals surface area contributed by atoms with Crippen LogP contribution in [-0.2, 0) is 9.53 Å². The van der Waals surface area contributed by atoms with Crippen LogP contribution in [0.5, 0.6) is 0 Å². The summed E-state index contributed by atoms with van der Waals surface area (Å²) in [6.07, 6.45) is 3.44. The van der Waals surface area contributed by atoms with Gasteiger partial charge >= 0.3 is 0 Å². The van der Waals surface area contributed by atoms with Crippen LogP contribution >= 0.6 is 0 Å². The molecule has 3 aromatic heterocycles. The smallest absolute Gasteiger partial charge is 0.263 e. The Morgan fingerprint density at radius 2 is 1.52 bits per heavy atom. The first-order valence-corrected chi connectivity index (χ1v) is 14.5. The molecule has 3 aliphatic heterocycles. The number of hydrogen-bond acceptors (Lipinski definition) is 9. The van der Waals surface area contributed by atoms with Gasteiger partial charge in [-0.15, -0.1) is 5.10 Å². The number of fused-ring (bicyclic) bond motifs is 1. The normalized spacial score (nSPS) is 23.0. The lowest BCUT2D eigenvalue weighted by Gasteiger charge is -2.78. The Balaban J connectivity index is 1.39. The second-order valence-electron chi connectivity index (χ2n) is 12.3. The molecular weight excluding hydrogens is 610 g/mol. The van der Waals surface area contributed by atoms with Gasteiger partial charge in [0, 0.05) is 26.2 Å². The zero-order chi connectivity index (χ0) is 35.2. The molecule has 23 heteroatoms. The van der Waals surface area contributed by atoms with Crippen LogP contribution in [-0.4, -0.2) is 168 Å². The molecule has 2 amide bonds. The number of nitrogen functional groups attached to an aromatic ring is 1. The third kappa shape index (κ3) is 4.69. The van der Waals surface area contributed by atoms with E-state index in [1.165, 1.54) is 4.90 Å². The fourth-order valence-electron chi connectivity index (χ4n) is 6.43. The van der Waals surface area contributed by atoms with E-state index in [9.17, 15) is 14.0 Å². The molecule has 3 aromatic rings. The van der Waals surface area contributed by atoms with Crippen molar-refractivity contribution in [2.75, 3.05) is 55.3 Å². The minimum Gasteiger partial charge on any atom is -0.392 e. The standard InChI is InChI=1S/C25H20B9F2N9O3/c26-21(20(47)43-3-1-42(2-4-43)12-9-48-10-12)22(27,28)24(31,32)45(25(33,34)23(21,29)30)16-13(36)6-38-7-14(16)40-19(46)15-17(37)41-44-8-11(35)5-39-18(15)44/h5-8,12H,1-4,9-10H2,(H2,37,41)(H,40,46). The number of ether oxygens (including phenoxy) is 1. The van der Waals surface area contributed by atoms with E-state index >= 15 is 4.39 Å². The first-order chi connectivity index (χ1) is 22.3. The number of anilines is 3. The van der Waals surface area contributed by atoms with Crippen LogP contribution in [0.15, 0.2) is 24.8 Å². The summed E-state index contributed by atoms with van der Waals surface area (Å²) in [6.45, 7) is 2.36. The molecule has 3 N–H and O–H groups in total. The molecule has 0 unspecified atom stereocenters. The molecule has 0 aliphatic carbocycles. The summed E-state index contributed by atoms with van der Waals surface area (Å²) in [5.41, 5.74) is 4.24. The highest BCUT2D eigenvalue weighted by atomic mass is 19.1. The lowest BCUT2D eigenvalue weighted by atomic mass is 9.08. The van der Waals surface area contributed by atoms with Crippen LogP contribution < -0.4 is 16.0 Å². The van der Waals surface area contributed by atoms with Crippen molar-refractivity contribution in [3.05, 3.63) is 42.0 Å². The van der Waals surface area contributed by atoms with Gasteiger partial charge in [0.15, 0.2) is 23.1 Å². The van der Waals surface area contributed by atoms with Gasteiger partial charge in [-0.3, -0.25) is 19.5 Å². The lowest BCUT2D eigenvalue weighted by Crippen LogP contribution is -2.82. The van der Waals surface area contributed by atoms with Crippen molar-refractivity contribution in [2.24, 2.45) is 0 Å². The van der Waals surface area contributed by atoms with Gasteiger partial charge in [0.05, 0.1) is 126 Å². The van der Waals surface area contributed by atoms with Crippen LogP contribution in [0.2, 0.25) is 15.7 Å². The second-order valence-corrected chi connectivity index (χ2v) is 12.3. The first-order valence-electron chi connectivity index (χ1n) is 14.5. The van der Waals surface area contributed by atoms with Gasteiger partial charge in [-0.05, 0) is 16.0 Å². The first kappa shape index (κ1) is 34.5. The van der Waals surface area contributed by atoms with E-state index in [0.29, 0.717) is 37.4 Å².